The molecule has 0 N–H and O–H groups in total. The zero-order chi connectivity index (χ0) is 19.2. The van der Waals surface area contributed by atoms with Gasteiger partial charge in [0, 0.05) is 29.0 Å². The Balaban J connectivity index is 1.90. The number of carbonyl (C=O) groups excluding carboxylic acids is 2. The average Bonchev–Trinajstić information content (AvgIpc) is 2.72. The molecule has 1 unspecified atom stereocenters. The van der Waals surface area contributed by atoms with Gasteiger partial charge in [-0.2, -0.15) is 0 Å². The Bertz CT molecular complexity index is 939. The molecule has 0 aromatic heterocycles. The van der Waals surface area contributed by atoms with Crippen molar-refractivity contribution in [3.8, 4) is 0 Å². The molecule has 134 valence electrons. The van der Waals surface area contributed by atoms with Crippen LogP contribution in [0.2, 0.25) is 0 Å². The Morgan fingerprint density at radius 1 is 0.778 bits per heavy atom. The maximum Gasteiger partial charge on any atom is 0.189 e. The first-order valence-corrected chi connectivity index (χ1v) is 8.99. The van der Waals surface area contributed by atoms with E-state index < -0.39 is 0 Å². The van der Waals surface area contributed by atoms with E-state index >= 15 is 0 Å². The van der Waals surface area contributed by atoms with Crippen molar-refractivity contribution in [3.05, 3.63) is 119 Å². The molecule has 0 bridgehead atoms. The van der Waals surface area contributed by atoms with Crippen LogP contribution in [0.3, 0.4) is 0 Å². The highest BCUT2D eigenvalue weighted by atomic mass is 16.1. The van der Waals surface area contributed by atoms with E-state index in [4.69, 9.17) is 0 Å². The number of ketones is 2. The fourth-order valence-electron chi connectivity index (χ4n) is 3.10. The van der Waals surface area contributed by atoms with Crippen LogP contribution in [0.1, 0.15) is 44.2 Å². The SMILES string of the molecule is C=C(C(=O)c1ccc(C)cc1)C(CC(=O)c1ccccc1)c1ccccc1. The number of carbonyl (C=O) groups is 2. The van der Waals surface area contributed by atoms with E-state index in [1.165, 1.54) is 0 Å². The number of hydrogen-bond acceptors (Lipinski definition) is 2. The molecule has 0 aliphatic heterocycles. The topological polar surface area (TPSA) is 34.1 Å². The van der Waals surface area contributed by atoms with Crippen molar-refractivity contribution in [2.75, 3.05) is 0 Å². The van der Waals surface area contributed by atoms with Crippen molar-refractivity contribution in [2.45, 2.75) is 19.3 Å². The van der Waals surface area contributed by atoms with Gasteiger partial charge in [-0.15, -0.1) is 0 Å². The van der Waals surface area contributed by atoms with Crippen molar-refractivity contribution < 1.29 is 9.59 Å². The molecule has 0 radical (unpaired) electrons. The van der Waals surface area contributed by atoms with E-state index in [2.05, 4.69) is 6.58 Å². The molecule has 0 saturated carbocycles. The molecule has 2 heteroatoms. The number of allylic oxidation sites excluding steroid dienone is 1. The van der Waals surface area contributed by atoms with Crippen LogP contribution in [0.4, 0.5) is 0 Å². The summed E-state index contributed by atoms with van der Waals surface area (Å²) in [6.45, 7) is 6.06. The minimum atomic E-state index is -0.354. The Hall–Kier alpha value is -3.26. The van der Waals surface area contributed by atoms with Crippen LogP contribution in [-0.4, -0.2) is 11.6 Å². The molecule has 27 heavy (non-hydrogen) atoms. The predicted molar refractivity (Wildman–Crippen MR) is 109 cm³/mol. The third-order valence-corrected chi connectivity index (χ3v) is 4.71. The molecule has 3 rings (SSSR count). The Morgan fingerprint density at radius 2 is 1.33 bits per heavy atom. The molecular weight excluding hydrogens is 332 g/mol. The van der Waals surface area contributed by atoms with Crippen LogP contribution in [0.5, 0.6) is 0 Å². The maximum atomic E-state index is 13.0. The summed E-state index contributed by atoms with van der Waals surface area (Å²) in [7, 11) is 0. The van der Waals surface area contributed by atoms with Gasteiger partial charge in [0.25, 0.3) is 0 Å². The highest BCUT2D eigenvalue weighted by Crippen LogP contribution is 2.30. The van der Waals surface area contributed by atoms with E-state index in [0.717, 1.165) is 11.1 Å². The molecule has 0 amide bonds. The lowest BCUT2D eigenvalue weighted by Crippen LogP contribution is -2.15. The van der Waals surface area contributed by atoms with Crippen molar-refractivity contribution >= 4 is 11.6 Å². The van der Waals surface area contributed by atoms with E-state index in [1.54, 1.807) is 12.1 Å². The highest BCUT2D eigenvalue weighted by molar-refractivity contribution is 6.10. The molecule has 0 saturated heterocycles. The van der Waals surface area contributed by atoms with Gasteiger partial charge in [-0.1, -0.05) is 97.1 Å². The van der Waals surface area contributed by atoms with Crippen LogP contribution in [0.25, 0.3) is 0 Å². The van der Waals surface area contributed by atoms with E-state index in [0.29, 0.717) is 16.7 Å². The second-order valence-corrected chi connectivity index (χ2v) is 6.68. The number of aryl methyl sites for hydroxylation is 1. The summed E-state index contributed by atoms with van der Waals surface area (Å²) in [5.41, 5.74) is 3.70. The number of benzene rings is 3. The smallest absolute Gasteiger partial charge is 0.189 e. The van der Waals surface area contributed by atoms with E-state index in [1.807, 2.05) is 79.7 Å². The van der Waals surface area contributed by atoms with Crippen molar-refractivity contribution in [1.82, 2.24) is 0 Å². The lowest BCUT2D eigenvalue weighted by atomic mass is 9.83. The number of hydrogen-bond donors (Lipinski definition) is 0. The molecule has 0 heterocycles. The molecule has 0 fully saturated rings. The number of rotatable bonds is 7. The van der Waals surface area contributed by atoms with E-state index in [9.17, 15) is 9.59 Å². The second kappa shape index (κ2) is 8.41. The molecule has 2 nitrogen and oxygen atoms in total. The van der Waals surface area contributed by atoms with Crippen LogP contribution in [-0.2, 0) is 0 Å². The molecule has 1 atom stereocenters. The fraction of sp³-hybridized carbons (Fsp3) is 0.120. The first-order chi connectivity index (χ1) is 13.1. The summed E-state index contributed by atoms with van der Waals surface area (Å²) >= 11 is 0. The van der Waals surface area contributed by atoms with Gasteiger partial charge in [-0.3, -0.25) is 9.59 Å². The third kappa shape index (κ3) is 4.48. The zero-order valence-electron chi connectivity index (χ0n) is 15.4. The summed E-state index contributed by atoms with van der Waals surface area (Å²) in [5.74, 6) is -0.472. The van der Waals surface area contributed by atoms with Crippen molar-refractivity contribution in [1.29, 1.82) is 0 Å². The summed E-state index contributed by atoms with van der Waals surface area (Å²) in [6, 6.07) is 26.2. The summed E-state index contributed by atoms with van der Waals surface area (Å²) in [4.78, 5) is 25.8. The molecular formula is C25H22O2. The van der Waals surface area contributed by atoms with E-state index in [-0.39, 0.29) is 23.9 Å². The van der Waals surface area contributed by atoms with Crippen LogP contribution < -0.4 is 0 Å². The van der Waals surface area contributed by atoms with Crippen LogP contribution in [0, 0.1) is 6.92 Å². The first-order valence-electron chi connectivity index (χ1n) is 8.99. The van der Waals surface area contributed by atoms with Crippen LogP contribution in [0.15, 0.2) is 97.1 Å². The van der Waals surface area contributed by atoms with Gasteiger partial charge in [0.1, 0.15) is 0 Å². The maximum absolute atomic E-state index is 13.0. The van der Waals surface area contributed by atoms with Gasteiger partial charge in [0.05, 0.1) is 0 Å². The Labute approximate surface area is 160 Å². The minimum Gasteiger partial charge on any atom is -0.294 e. The van der Waals surface area contributed by atoms with Crippen molar-refractivity contribution in [2.24, 2.45) is 0 Å². The summed E-state index contributed by atoms with van der Waals surface area (Å²) < 4.78 is 0. The largest absolute Gasteiger partial charge is 0.294 e. The third-order valence-electron chi connectivity index (χ3n) is 4.71. The second-order valence-electron chi connectivity index (χ2n) is 6.68. The fourth-order valence-corrected chi connectivity index (χ4v) is 3.10. The van der Waals surface area contributed by atoms with Gasteiger partial charge >= 0.3 is 0 Å². The minimum absolute atomic E-state index is 0.00214. The lowest BCUT2D eigenvalue weighted by molar-refractivity contribution is 0.0972. The van der Waals surface area contributed by atoms with Crippen LogP contribution >= 0.6 is 0 Å². The summed E-state index contributed by atoms with van der Waals surface area (Å²) in [5, 5.41) is 0. The monoisotopic (exact) mass is 354 g/mol. The average molecular weight is 354 g/mol. The quantitative estimate of drug-likeness (QED) is 0.397. The zero-order valence-corrected chi connectivity index (χ0v) is 15.4. The molecule has 0 spiro atoms. The Kier molecular flexibility index (Phi) is 5.77. The Morgan fingerprint density at radius 3 is 1.93 bits per heavy atom. The van der Waals surface area contributed by atoms with Gasteiger partial charge in [-0.25, -0.2) is 0 Å². The molecule has 3 aromatic carbocycles. The first kappa shape index (κ1) is 18.5. The lowest BCUT2D eigenvalue weighted by Gasteiger charge is -2.19. The van der Waals surface area contributed by atoms with Gasteiger partial charge in [0.2, 0.25) is 0 Å². The normalized spacial score (nSPS) is 11.6. The standard InChI is InChI=1S/C25H22O2/c1-18-13-15-22(16-14-18)25(27)19(2)23(20-9-5-3-6-10-20)17-24(26)21-11-7-4-8-12-21/h3-16,23H,2,17H2,1H3. The predicted octanol–water partition coefficient (Wildman–Crippen LogP) is 5.79. The van der Waals surface area contributed by atoms with Gasteiger partial charge < -0.3 is 0 Å². The van der Waals surface area contributed by atoms with Crippen molar-refractivity contribution in [3.63, 3.8) is 0 Å². The molecule has 0 aliphatic rings. The van der Waals surface area contributed by atoms with Gasteiger partial charge in [-0.05, 0) is 12.5 Å². The number of Topliss-reactive ketones (excluding diaryl/α,β-unsaturated/α-hetero) is 2. The molecule has 3 aromatic rings. The van der Waals surface area contributed by atoms with Gasteiger partial charge in [0.15, 0.2) is 11.6 Å². The highest BCUT2D eigenvalue weighted by Gasteiger charge is 2.25. The molecule has 0 aliphatic carbocycles. The summed E-state index contributed by atoms with van der Waals surface area (Å²) in [6.07, 6.45) is 0.213.